The fourth-order valence-corrected chi connectivity index (χ4v) is 3.39. The summed E-state index contributed by atoms with van der Waals surface area (Å²) in [4.78, 5) is 16.8. The number of hydrogen-bond acceptors (Lipinski definition) is 2. The van der Waals surface area contributed by atoms with Gasteiger partial charge in [0.1, 0.15) is 0 Å². The van der Waals surface area contributed by atoms with E-state index in [1.165, 1.54) is 11.1 Å². The van der Waals surface area contributed by atoms with Gasteiger partial charge in [0.05, 0.1) is 6.42 Å². The lowest BCUT2D eigenvalue weighted by Crippen LogP contribution is -2.49. The van der Waals surface area contributed by atoms with Gasteiger partial charge in [-0.05, 0) is 43.2 Å². The molecule has 0 atom stereocenters. The van der Waals surface area contributed by atoms with Crippen molar-refractivity contribution < 1.29 is 4.79 Å². The third kappa shape index (κ3) is 3.90. The molecule has 2 aromatic carbocycles. The highest BCUT2D eigenvalue weighted by Crippen LogP contribution is 2.21. The van der Waals surface area contributed by atoms with E-state index in [9.17, 15) is 4.79 Å². The maximum Gasteiger partial charge on any atom is 0.227 e. The van der Waals surface area contributed by atoms with Crippen LogP contribution in [-0.4, -0.2) is 37.0 Å². The second-order valence-electron chi connectivity index (χ2n) is 6.45. The van der Waals surface area contributed by atoms with Gasteiger partial charge >= 0.3 is 0 Å². The van der Waals surface area contributed by atoms with Crippen molar-refractivity contribution in [2.75, 3.05) is 31.1 Å². The van der Waals surface area contributed by atoms with E-state index in [1.807, 2.05) is 23.1 Å². The third-order valence-electron chi connectivity index (χ3n) is 4.65. The van der Waals surface area contributed by atoms with Crippen LogP contribution in [0.15, 0.2) is 42.5 Å². The molecule has 4 heteroatoms. The van der Waals surface area contributed by atoms with E-state index in [1.54, 1.807) is 0 Å². The van der Waals surface area contributed by atoms with Gasteiger partial charge in [0, 0.05) is 36.9 Å². The topological polar surface area (TPSA) is 23.6 Å². The Balaban J connectivity index is 1.59. The van der Waals surface area contributed by atoms with Crippen LogP contribution in [0.4, 0.5) is 5.69 Å². The number of halogens is 1. The predicted molar refractivity (Wildman–Crippen MR) is 99.9 cm³/mol. The summed E-state index contributed by atoms with van der Waals surface area (Å²) in [6.07, 6.45) is 0.489. The number of anilines is 1. The van der Waals surface area contributed by atoms with Crippen LogP contribution >= 0.6 is 11.6 Å². The first kappa shape index (κ1) is 16.8. The van der Waals surface area contributed by atoms with Crippen LogP contribution in [0.2, 0.25) is 5.02 Å². The minimum absolute atomic E-state index is 0.215. The van der Waals surface area contributed by atoms with Gasteiger partial charge in [-0.15, -0.1) is 0 Å². The number of carbonyl (C=O) groups is 1. The Labute approximate surface area is 148 Å². The van der Waals surface area contributed by atoms with Gasteiger partial charge in [-0.3, -0.25) is 4.79 Å². The van der Waals surface area contributed by atoms with Crippen molar-refractivity contribution in [1.29, 1.82) is 0 Å². The van der Waals surface area contributed by atoms with E-state index in [2.05, 4.69) is 43.0 Å². The minimum atomic E-state index is 0.215. The van der Waals surface area contributed by atoms with Crippen LogP contribution in [0.25, 0.3) is 0 Å². The van der Waals surface area contributed by atoms with Crippen LogP contribution in [0.1, 0.15) is 16.7 Å². The zero-order chi connectivity index (χ0) is 17.1. The number of amides is 1. The summed E-state index contributed by atoms with van der Waals surface area (Å²) in [5.74, 6) is 0.215. The SMILES string of the molecule is Cc1ccc(CC(=O)N2CCN(c3cccc(Cl)c3)CC2)c(C)c1. The van der Waals surface area contributed by atoms with Crippen LogP contribution in [0.3, 0.4) is 0 Å². The molecule has 126 valence electrons. The van der Waals surface area contributed by atoms with Crippen molar-refractivity contribution in [2.24, 2.45) is 0 Å². The predicted octanol–water partition coefficient (Wildman–Crippen LogP) is 3.85. The molecule has 24 heavy (non-hydrogen) atoms. The highest BCUT2D eigenvalue weighted by Gasteiger charge is 2.21. The van der Waals surface area contributed by atoms with Crippen LogP contribution in [0, 0.1) is 13.8 Å². The number of nitrogens with zero attached hydrogens (tertiary/aromatic N) is 2. The molecule has 0 N–H and O–H groups in total. The van der Waals surface area contributed by atoms with E-state index < -0.39 is 0 Å². The van der Waals surface area contributed by atoms with Crippen molar-refractivity contribution in [2.45, 2.75) is 20.3 Å². The summed E-state index contributed by atoms with van der Waals surface area (Å²) in [5.41, 5.74) is 4.69. The fraction of sp³-hybridized carbons (Fsp3) is 0.350. The lowest BCUT2D eigenvalue weighted by Gasteiger charge is -2.36. The normalized spacial score (nSPS) is 14.8. The van der Waals surface area contributed by atoms with Gasteiger partial charge < -0.3 is 9.80 Å². The van der Waals surface area contributed by atoms with E-state index in [0.29, 0.717) is 6.42 Å². The van der Waals surface area contributed by atoms with Crippen molar-refractivity contribution in [1.82, 2.24) is 4.90 Å². The molecule has 3 nitrogen and oxygen atoms in total. The van der Waals surface area contributed by atoms with Crippen molar-refractivity contribution >= 4 is 23.2 Å². The monoisotopic (exact) mass is 342 g/mol. The summed E-state index contributed by atoms with van der Waals surface area (Å²) >= 11 is 6.07. The molecule has 0 radical (unpaired) electrons. The van der Waals surface area contributed by atoms with Gasteiger partial charge in [0.2, 0.25) is 5.91 Å². The van der Waals surface area contributed by atoms with Crippen molar-refractivity contribution in [3.63, 3.8) is 0 Å². The summed E-state index contributed by atoms with van der Waals surface area (Å²) in [6, 6.07) is 14.2. The molecule has 1 aliphatic rings. The Morgan fingerprint density at radius 2 is 1.79 bits per heavy atom. The quantitative estimate of drug-likeness (QED) is 0.846. The number of rotatable bonds is 3. The van der Waals surface area contributed by atoms with Crippen LogP contribution in [0.5, 0.6) is 0 Å². The molecule has 1 saturated heterocycles. The first-order valence-electron chi connectivity index (χ1n) is 8.37. The van der Waals surface area contributed by atoms with Crippen molar-refractivity contribution in [3.05, 3.63) is 64.2 Å². The molecule has 1 aliphatic heterocycles. The molecule has 1 amide bonds. The summed E-state index contributed by atoms with van der Waals surface area (Å²) in [7, 11) is 0. The maximum absolute atomic E-state index is 12.6. The average molecular weight is 343 g/mol. The second-order valence-corrected chi connectivity index (χ2v) is 6.89. The van der Waals surface area contributed by atoms with E-state index in [4.69, 9.17) is 11.6 Å². The first-order chi connectivity index (χ1) is 11.5. The van der Waals surface area contributed by atoms with Crippen LogP contribution in [-0.2, 0) is 11.2 Å². The average Bonchev–Trinajstić information content (AvgIpc) is 2.57. The first-order valence-corrected chi connectivity index (χ1v) is 8.75. The zero-order valence-corrected chi connectivity index (χ0v) is 15.0. The van der Waals surface area contributed by atoms with Crippen LogP contribution < -0.4 is 4.90 Å². The Morgan fingerprint density at radius 1 is 1.04 bits per heavy atom. The van der Waals surface area contributed by atoms with Gasteiger partial charge in [0.25, 0.3) is 0 Å². The minimum Gasteiger partial charge on any atom is -0.368 e. The molecule has 0 aromatic heterocycles. The maximum atomic E-state index is 12.6. The Kier molecular flexibility index (Phi) is 5.10. The molecule has 2 aromatic rings. The molecule has 0 saturated carbocycles. The zero-order valence-electron chi connectivity index (χ0n) is 14.3. The number of carbonyl (C=O) groups excluding carboxylic acids is 1. The van der Waals surface area contributed by atoms with Gasteiger partial charge in [-0.1, -0.05) is 41.4 Å². The number of hydrogen-bond donors (Lipinski definition) is 0. The van der Waals surface area contributed by atoms with Gasteiger partial charge in [0.15, 0.2) is 0 Å². The highest BCUT2D eigenvalue weighted by molar-refractivity contribution is 6.30. The molecule has 1 fully saturated rings. The Morgan fingerprint density at radius 3 is 2.46 bits per heavy atom. The third-order valence-corrected chi connectivity index (χ3v) is 4.88. The smallest absolute Gasteiger partial charge is 0.227 e. The molecule has 1 heterocycles. The lowest BCUT2D eigenvalue weighted by atomic mass is 10.0. The highest BCUT2D eigenvalue weighted by atomic mass is 35.5. The van der Waals surface area contributed by atoms with E-state index >= 15 is 0 Å². The fourth-order valence-electron chi connectivity index (χ4n) is 3.21. The molecule has 3 rings (SSSR count). The summed E-state index contributed by atoms with van der Waals surface area (Å²) in [5, 5.41) is 0.751. The molecule has 0 spiro atoms. The van der Waals surface area contributed by atoms with E-state index in [-0.39, 0.29) is 5.91 Å². The summed E-state index contributed by atoms with van der Waals surface area (Å²) < 4.78 is 0. The Bertz CT molecular complexity index is 736. The lowest BCUT2D eigenvalue weighted by molar-refractivity contribution is -0.130. The standard InChI is InChI=1S/C20H23ClN2O/c1-15-6-7-17(16(2)12-15)13-20(24)23-10-8-22(9-11-23)19-5-3-4-18(21)14-19/h3-7,12,14H,8-11,13H2,1-2H3. The van der Waals surface area contributed by atoms with Crippen molar-refractivity contribution in [3.8, 4) is 0 Å². The number of aryl methyl sites for hydroxylation is 2. The molecule has 0 bridgehead atoms. The molecular formula is C20H23ClN2O. The Hall–Kier alpha value is -2.00. The number of piperazine rings is 1. The van der Waals surface area contributed by atoms with E-state index in [0.717, 1.165) is 42.5 Å². The summed E-state index contributed by atoms with van der Waals surface area (Å²) in [6.45, 7) is 7.37. The molecular weight excluding hydrogens is 320 g/mol. The second kappa shape index (κ2) is 7.27. The van der Waals surface area contributed by atoms with Gasteiger partial charge in [-0.2, -0.15) is 0 Å². The number of benzene rings is 2. The van der Waals surface area contributed by atoms with Gasteiger partial charge in [-0.25, -0.2) is 0 Å². The molecule has 0 aliphatic carbocycles. The molecule has 0 unspecified atom stereocenters. The largest absolute Gasteiger partial charge is 0.368 e.